The van der Waals surface area contributed by atoms with Crippen LogP contribution in [0.5, 0.6) is 0 Å². The van der Waals surface area contributed by atoms with Crippen molar-refractivity contribution in [1.29, 1.82) is 0 Å². The Hall–Kier alpha value is -0.420. The molecule has 1 aromatic carbocycles. The van der Waals surface area contributed by atoms with Crippen LogP contribution in [-0.4, -0.2) is 40.8 Å². The molecule has 0 spiro atoms. The first-order valence-corrected chi connectivity index (χ1v) is 6.93. The van der Waals surface area contributed by atoms with Crippen molar-refractivity contribution in [1.82, 2.24) is 14.5 Å². The van der Waals surface area contributed by atoms with Gasteiger partial charge >= 0.3 is 0 Å². The van der Waals surface area contributed by atoms with Crippen LogP contribution in [0, 0.1) is 0 Å². The molecule has 1 heterocycles. The van der Waals surface area contributed by atoms with Crippen LogP contribution in [0.4, 0.5) is 0 Å². The highest BCUT2D eigenvalue weighted by Crippen LogP contribution is 2.23. The summed E-state index contributed by atoms with van der Waals surface area (Å²) in [5.74, 6) is 1.06. The molecule has 19 heavy (non-hydrogen) atoms. The Morgan fingerprint density at radius 2 is 1.89 bits per heavy atom. The topological polar surface area (TPSA) is 21.1 Å². The van der Waals surface area contributed by atoms with Gasteiger partial charge in [0.2, 0.25) is 0 Å². The lowest BCUT2D eigenvalue weighted by Gasteiger charge is -2.12. The van der Waals surface area contributed by atoms with Crippen LogP contribution in [0.25, 0.3) is 11.0 Å². The zero-order valence-electron chi connectivity index (χ0n) is 11.5. The Kier molecular flexibility index (Phi) is 8.50. The average molecular weight is 322 g/mol. The molecule has 0 aliphatic carbocycles. The van der Waals surface area contributed by atoms with Crippen molar-refractivity contribution in [3.05, 3.63) is 24.3 Å². The van der Waals surface area contributed by atoms with Gasteiger partial charge in [-0.05, 0) is 32.0 Å². The maximum Gasteiger partial charge on any atom is 0.169 e. The number of rotatable bonds is 5. The van der Waals surface area contributed by atoms with Crippen molar-refractivity contribution < 1.29 is 0 Å². The summed E-state index contributed by atoms with van der Waals surface area (Å²) < 4.78 is 2.32. The Morgan fingerprint density at radius 1 is 1.21 bits per heavy atom. The van der Waals surface area contributed by atoms with E-state index >= 15 is 0 Å². The van der Waals surface area contributed by atoms with E-state index in [9.17, 15) is 0 Å². The van der Waals surface area contributed by atoms with Crippen LogP contribution in [0.1, 0.15) is 6.92 Å². The molecule has 0 bridgehead atoms. The molecular formula is C13H21Cl2N3S. The molecule has 0 radical (unpaired) electrons. The zero-order chi connectivity index (χ0) is 12.3. The summed E-state index contributed by atoms with van der Waals surface area (Å²) in [4.78, 5) is 6.89. The van der Waals surface area contributed by atoms with Crippen LogP contribution in [-0.2, 0) is 6.54 Å². The second-order valence-electron chi connectivity index (χ2n) is 4.27. The van der Waals surface area contributed by atoms with Gasteiger partial charge in [0.25, 0.3) is 0 Å². The Morgan fingerprint density at radius 3 is 2.53 bits per heavy atom. The molecule has 108 valence electrons. The van der Waals surface area contributed by atoms with Crippen LogP contribution in [0.15, 0.2) is 29.4 Å². The van der Waals surface area contributed by atoms with Crippen molar-refractivity contribution in [3.8, 4) is 0 Å². The van der Waals surface area contributed by atoms with Gasteiger partial charge in [-0.25, -0.2) is 4.98 Å². The number of halogens is 2. The molecule has 0 saturated heterocycles. The third-order valence-corrected chi connectivity index (χ3v) is 3.52. The van der Waals surface area contributed by atoms with E-state index in [1.165, 1.54) is 5.52 Å². The van der Waals surface area contributed by atoms with E-state index in [1.54, 1.807) is 0 Å². The summed E-state index contributed by atoms with van der Waals surface area (Å²) in [6, 6.07) is 8.36. The molecule has 2 aromatic rings. The van der Waals surface area contributed by atoms with Gasteiger partial charge in [-0.15, -0.1) is 24.8 Å². The molecule has 0 atom stereocenters. The third kappa shape index (κ3) is 4.56. The van der Waals surface area contributed by atoms with E-state index in [1.807, 2.05) is 17.8 Å². The molecule has 0 aliphatic rings. The van der Waals surface area contributed by atoms with Crippen molar-refractivity contribution >= 4 is 47.6 Å². The Bertz CT molecular complexity index is 500. The van der Waals surface area contributed by atoms with Gasteiger partial charge < -0.3 is 9.47 Å². The number of fused-ring (bicyclic) bond motifs is 1. The quantitative estimate of drug-likeness (QED) is 0.786. The van der Waals surface area contributed by atoms with Crippen LogP contribution in [0.3, 0.4) is 0 Å². The highest BCUT2D eigenvalue weighted by molar-refractivity contribution is 7.99. The third-order valence-electron chi connectivity index (χ3n) is 2.66. The van der Waals surface area contributed by atoms with E-state index in [2.05, 4.69) is 53.7 Å². The Labute approximate surface area is 131 Å². The van der Waals surface area contributed by atoms with Crippen molar-refractivity contribution in [3.63, 3.8) is 0 Å². The zero-order valence-corrected chi connectivity index (χ0v) is 13.9. The molecule has 0 N–H and O–H groups in total. The first-order chi connectivity index (χ1) is 8.22. The van der Waals surface area contributed by atoms with E-state index in [0.717, 1.165) is 29.5 Å². The van der Waals surface area contributed by atoms with Crippen LogP contribution < -0.4 is 0 Å². The van der Waals surface area contributed by atoms with E-state index in [4.69, 9.17) is 0 Å². The fourth-order valence-corrected chi connectivity index (χ4v) is 2.58. The number of imidazole rings is 1. The number of para-hydroxylation sites is 2. The minimum absolute atomic E-state index is 0. The predicted octanol–water partition coefficient (Wildman–Crippen LogP) is 3.55. The number of aromatic nitrogens is 2. The molecule has 2 rings (SSSR count). The van der Waals surface area contributed by atoms with E-state index in [-0.39, 0.29) is 24.8 Å². The maximum absolute atomic E-state index is 4.69. The lowest BCUT2D eigenvalue weighted by molar-refractivity contribution is 0.380. The summed E-state index contributed by atoms with van der Waals surface area (Å²) in [5.41, 5.74) is 2.34. The molecule has 0 amide bonds. The van der Waals surface area contributed by atoms with E-state index < -0.39 is 0 Å². The summed E-state index contributed by atoms with van der Waals surface area (Å²) in [7, 11) is 4.21. The van der Waals surface area contributed by atoms with Gasteiger partial charge in [-0.3, -0.25) is 0 Å². The predicted molar refractivity (Wildman–Crippen MR) is 89.2 cm³/mol. The second-order valence-corrected chi connectivity index (χ2v) is 5.50. The van der Waals surface area contributed by atoms with Gasteiger partial charge in [0, 0.05) is 13.1 Å². The van der Waals surface area contributed by atoms with Crippen molar-refractivity contribution in [2.75, 3.05) is 26.4 Å². The fraction of sp³-hybridized carbons (Fsp3) is 0.462. The number of nitrogens with zero attached hydrogens (tertiary/aromatic N) is 3. The molecule has 1 aromatic heterocycles. The number of likely N-dealkylation sites (N-methyl/N-ethyl adjacent to an activating group) is 1. The summed E-state index contributed by atoms with van der Waals surface area (Å²) in [6.07, 6.45) is 0. The summed E-state index contributed by atoms with van der Waals surface area (Å²) in [6.45, 7) is 4.20. The largest absolute Gasteiger partial charge is 0.318 e. The highest BCUT2D eigenvalue weighted by atomic mass is 35.5. The average Bonchev–Trinajstić information content (AvgIpc) is 2.64. The molecule has 3 nitrogen and oxygen atoms in total. The smallest absolute Gasteiger partial charge is 0.169 e. The monoisotopic (exact) mass is 321 g/mol. The lowest BCUT2D eigenvalue weighted by atomic mass is 10.3. The molecule has 0 unspecified atom stereocenters. The van der Waals surface area contributed by atoms with Gasteiger partial charge in [0.1, 0.15) is 0 Å². The number of benzene rings is 1. The van der Waals surface area contributed by atoms with Crippen molar-refractivity contribution in [2.24, 2.45) is 0 Å². The SMILES string of the molecule is CCSc1nc2ccccc2n1CCN(C)C.Cl.Cl. The normalized spacial score (nSPS) is 10.3. The van der Waals surface area contributed by atoms with Crippen molar-refractivity contribution in [2.45, 2.75) is 18.6 Å². The van der Waals surface area contributed by atoms with Crippen LogP contribution >= 0.6 is 36.6 Å². The van der Waals surface area contributed by atoms with Gasteiger partial charge in [-0.2, -0.15) is 0 Å². The fourth-order valence-electron chi connectivity index (χ4n) is 1.81. The van der Waals surface area contributed by atoms with Gasteiger partial charge in [-0.1, -0.05) is 30.8 Å². The number of hydrogen-bond donors (Lipinski definition) is 0. The van der Waals surface area contributed by atoms with Crippen LogP contribution in [0.2, 0.25) is 0 Å². The van der Waals surface area contributed by atoms with E-state index in [0.29, 0.717) is 0 Å². The number of hydrogen-bond acceptors (Lipinski definition) is 3. The number of thioether (sulfide) groups is 1. The molecule has 6 heteroatoms. The lowest BCUT2D eigenvalue weighted by Crippen LogP contribution is -2.18. The highest BCUT2D eigenvalue weighted by Gasteiger charge is 2.09. The maximum atomic E-state index is 4.69. The molecule has 0 aliphatic heterocycles. The molecular weight excluding hydrogens is 301 g/mol. The standard InChI is InChI=1S/C13H19N3S.2ClH/c1-4-17-13-14-11-7-5-6-8-12(11)16(13)10-9-15(2)3;;/h5-8H,4,9-10H2,1-3H3;2*1H. The minimum atomic E-state index is 0. The molecule has 0 fully saturated rings. The Balaban J connectivity index is 0.00000162. The first kappa shape index (κ1) is 18.6. The molecule has 0 saturated carbocycles. The summed E-state index contributed by atoms with van der Waals surface area (Å²) in [5, 5.41) is 1.13. The van der Waals surface area contributed by atoms with Gasteiger partial charge in [0.05, 0.1) is 11.0 Å². The summed E-state index contributed by atoms with van der Waals surface area (Å²) >= 11 is 1.81. The minimum Gasteiger partial charge on any atom is -0.318 e. The first-order valence-electron chi connectivity index (χ1n) is 5.95. The second kappa shape index (κ2) is 8.69. The van der Waals surface area contributed by atoms with Gasteiger partial charge in [0.15, 0.2) is 5.16 Å².